The number of thiophene rings is 1. The second kappa shape index (κ2) is 5.68. The fraction of sp³-hybridized carbons (Fsp3) is 0.176. The number of aromatic nitrogens is 4. The van der Waals surface area contributed by atoms with Crippen LogP contribution in [0, 0.1) is 13.8 Å². The SMILES string of the molecule is Cc1ccc(-c2csc3ncn(Cc4nc(C)no4)c(=O)c23)cc1. The zero-order valence-electron chi connectivity index (χ0n) is 13.2. The van der Waals surface area contributed by atoms with Gasteiger partial charge in [0, 0.05) is 10.9 Å². The van der Waals surface area contributed by atoms with Gasteiger partial charge in [-0.25, -0.2) is 4.98 Å². The quantitative estimate of drug-likeness (QED) is 0.573. The molecule has 1 aromatic carbocycles. The third-order valence-corrected chi connectivity index (χ3v) is 4.68. The summed E-state index contributed by atoms with van der Waals surface area (Å²) < 4.78 is 6.60. The van der Waals surface area contributed by atoms with Gasteiger partial charge in [0.2, 0.25) is 5.89 Å². The van der Waals surface area contributed by atoms with Crippen LogP contribution in [0.5, 0.6) is 0 Å². The Morgan fingerprint density at radius 2 is 2.00 bits per heavy atom. The van der Waals surface area contributed by atoms with Gasteiger partial charge in [0.25, 0.3) is 5.56 Å². The normalized spacial score (nSPS) is 11.2. The summed E-state index contributed by atoms with van der Waals surface area (Å²) in [6.07, 6.45) is 1.53. The molecule has 0 aliphatic carbocycles. The second-order valence-corrected chi connectivity index (χ2v) is 6.47. The second-order valence-electron chi connectivity index (χ2n) is 5.61. The summed E-state index contributed by atoms with van der Waals surface area (Å²) in [7, 11) is 0. The smallest absolute Gasteiger partial charge is 0.263 e. The molecule has 3 aromatic heterocycles. The van der Waals surface area contributed by atoms with Crippen LogP contribution in [0.1, 0.15) is 17.3 Å². The first kappa shape index (κ1) is 14.8. The molecule has 0 N–H and O–H groups in total. The Kier molecular flexibility index (Phi) is 3.50. The van der Waals surface area contributed by atoms with E-state index in [0.717, 1.165) is 16.0 Å². The van der Waals surface area contributed by atoms with Crippen LogP contribution in [0.15, 0.2) is 45.3 Å². The Labute approximate surface area is 141 Å². The maximum absolute atomic E-state index is 12.9. The van der Waals surface area contributed by atoms with E-state index in [-0.39, 0.29) is 12.1 Å². The highest BCUT2D eigenvalue weighted by Crippen LogP contribution is 2.30. The molecule has 24 heavy (non-hydrogen) atoms. The van der Waals surface area contributed by atoms with Gasteiger partial charge < -0.3 is 4.52 Å². The van der Waals surface area contributed by atoms with Crippen molar-refractivity contribution in [2.75, 3.05) is 0 Å². The van der Waals surface area contributed by atoms with Crippen molar-refractivity contribution in [1.29, 1.82) is 0 Å². The molecule has 0 fully saturated rings. The highest BCUT2D eigenvalue weighted by atomic mass is 32.1. The molecule has 0 aliphatic rings. The van der Waals surface area contributed by atoms with E-state index in [1.54, 1.807) is 6.92 Å². The predicted molar refractivity (Wildman–Crippen MR) is 92.2 cm³/mol. The van der Waals surface area contributed by atoms with E-state index >= 15 is 0 Å². The average Bonchev–Trinajstić information content (AvgIpc) is 3.18. The summed E-state index contributed by atoms with van der Waals surface area (Å²) in [5.74, 6) is 0.936. The first-order valence-corrected chi connectivity index (χ1v) is 8.32. The first-order valence-electron chi connectivity index (χ1n) is 7.44. The molecule has 0 saturated carbocycles. The third-order valence-electron chi connectivity index (χ3n) is 3.80. The number of nitrogens with zero attached hydrogens (tertiary/aromatic N) is 4. The van der Waals surface area contributed by atoms with Crippen molar-refractivity contribution in [3.05, 3.63) is 63.6 Å². The Balaban J connectivity index is 1.84. The minimum atomic E-state index is -0.104. The van der Waals surface area contributed by atoms with Crippen LogP contribution in [0.3, 0.4) is 0 Å². The number of benzene rings is 1. The predicted octanol–water partition coefficient (Wildman–Crippen LogP) is 3.17. The molecule has 4 rings (SSSR count). The molecular weight excluding hydrogens is 324 g/mol. The van der Waals surface area contributed by atoms with Crippen molar-refractivity contribution in [3.63, 3.8) is 0 Å². The van der Waals surface area contributed by atoms with E-state index < -0.39 is 0 Å². The molecular formula is C17H14N4O2S. The van der Waals surface area contributed by atoms with Crippen molar-refractivity contribution >= 4 is 21.6 Å². The lowest BCUT2D eigenvalue weighted by Gasteiger charge is -2.04. The molecule has 3 heterocycles. The summed E-state index contributed by atoms with van der Waals surface area (Å²) in [5.41, 5.74) is 2.99. The lowest BCUT2D eigenvalue weighted by molar-refractivity contribution is 0.366. The Bertz CT molecular complexity index is 1080. The van der Waals surface area contributed by atoms with E-state index in [0.29, 0.717) is 17.1 Å². The van der Waals surface area contributed by atoms with Crippen LogP contribution in [0.4, 0.5) is 0 Å². The van der Waals surface area contributed by atoms with E-state index in [9.17, 15) is 4.79 Å². The van der Waals surface area contributed by atoms with Crippen LogP contribution >= 0.6 is 11.3 Å². The minimum absolute atomic E-state index is 0.104. The van der Waals surface area contributed by atoms with Gasteiger partial charge in [-0.1, -0.05) is 35.0 Å². The van der Waals surface area contributed by atoms with Crippen LogP contribution in [-0.2, 0) is 6.54 Å². The molecule has 0 aliphatic heterocycles. The minimum Gasteiger partial charge on any atom is -0.337 e. The molecule has 0 atom stereocenters. The van der Waals surface area contributed by atoms with Crippen LogP contribution in [0.25, 0.3) is 21.3 Å². The van der Waals surface area contributed by atoms with Gasteiger partial charge in [0.1, 0.15) is 11.4 Å². The summed E-state index contributed by atoms with van der Waals surface area (Å²) in [6.45, 7) is 3.99. The fourth-order valence-corrected chi connectivity index (χ4v) is 3.48. The van der Waals surface area contributed by atoms with Gasteiger partial charge in [-0.3, -0.25) is 9.36 Å². The standard InChI is InChI=1S/C17H14N4O2S/c1-10-3-5-12(6-4-10)13-8-24-16-15(13)17(22)21(9-18-16)7-14-19-11(2)20-23-14/h3-6,8-9H,7H2,1-2H3. The lowest BCUT2D eigenvalue weighted by atomic mass is 10.1. The monoisotopic (exact) mass is 338 g/mol. The zero-order valence-corrected chi connectivity index (χ0v) is 14.0. The van der Waals surface area contributed by atoms with Crippen molar-refractivity contribution in [3.8, 4) is 11.1 Å². The third kappa shape index (κ3) is 2.52. The topological polar surface area (TPSA) is 73.8 Å². The van der Waals surface area contributed by atoms with Gasteiger partial charge in [-0.15, -0.1) is 11.3 Å². The van der Waals surface area contributed by atoms with Crippen molar-refractivity contribution in [2.45, 2.75) is 20.4 Å². The largest absolute Gasteiger partial charge is 0.337 e. The fourth-order valence-electron chi connectivity index (χ4n) is 2.58. The van der Waals surface area contributed by atoms with Gasteiger partial charge in [-0.2, -0.15) is 4.98 Å². The number of rotatable bonds is 3. The van der Waals surface area contributed by atoms with Crippen LogP contribution in [-0.4, -0.2) is 19.7 Å². The van der Waals surface area contributed by atoms with Gasteiger partial charge in [0.15, 0.2) is 5.82 Å². The Hall–Kier alpha value is -2.80. The Morgan fingerprint density at radius 3 is 2.71 bits per heavy atom. The molecule has 0 spiro atoms. The van der Waals surface area contributed by atoms with Crippen molar-refractivity contribution in [1.82, 2.24) is 19.7 Å². The maximum atomic E-state index is 12.9. The van der Waals surface area contributed by atoms with Gasteiger partial charge >= 0.3 is 0 Å². The molecule has 0 saturated heterocycles. The lowest BCUT2D eigenvalue weighted by Crippen LogP contribution is -2.21. The summed E-state index contributed by atoms with van der Waals surface area (Å²) in [4.78, 5) is 22.2. The molecule has 120 valence electrons. The molecule has 4 aromatic rings. The highest BCUT2D eigenvalue weighted by molar-refractivity contribution is 7.17. The van der Waals surface area contributed by atoms with Gasteiger partial charge in [0.05, 0.1) is 11.7 Å². The first-order chi connectivity index (χ1) is 11.6. The number of hydrogen-bond donors (Lipinski definition) is 0. The number of hydrogen-bond acceptors (Lipinski definition) is 6. The summed E-state index contributed by atoms with van der Waals surface area (Å²) >= 11 is 1.47. The van der Waals surface area contributed by atoms with Crippen molar-refractivity contribution in [2.24, 2.45) is 0 Å². The van der Waals surface area contributed by atoms with Crippen LogP contribution in [0.2, 0.25) is 0 Å². The van der Waals surface area contributed by atoms with E-state index in [4.69, 9.17) is 4.52 Å². The zero-order chi connectivity index (χ0) is 16.7. The molecule has 0 bridgehead atoms. The highest BCUT2D eigenvalue weighted by Gasteiger charge is 2.14. The van der Waals surface area contributed by atoms with Crippen molar-refractivity contribution < 1.29 is 4.52 Å². The number of fused-ring (bicyclic) bond motifs is 1. The van der Waals surface area contributed by atoms with E-state index in [2.05, 4.69) is 15.1 Å². The molecule has 0 amide bonds. The summed E-state index contributed by atoms with van der Waals surface area (Å²) in [6, 6.07) is 8.12. The maximum Gasteiger partial charge on any atom is 0.263 e. The Morgan fingerprint density at radius 1 is 1.21 bits per heavy atom. The average molecular weight is 338 g/mol. The molecule has 0 radical (unpaired) electrons. The van der Waals surface area contributed by atoms with Gasteiger partial charge in [-0.05, 0) is 19.4 Å². The molecule has 6 nitrogen and oxygen atoms in total. The number of aryl methyl sites for hydroxylation is 2. The van der Waals surface area contributed by atoms with E-state index in [1.807, 2.05) is 36.6 Å². The summed E-state index contributed by atoms with van der Waals surface area (Å²) in [5, 5.41) is 6.35. The van der Waals surface area contributed by atoms with E-state index in [1.165, 1.54) is 27.8 Å². The molecule has 0 unspecified atom stereocenters. The molecule has 7 heteroatoms. The van der Waals surface area contributed by atoms with Crippen LogP contribution < -0.4 is 5.56 Å².